The van der Waals surface area contributed by atoms with Crippen LogP contribution in [0.4, 0.5) is 11.6 Å². The Hall–Kier alpha value is -1.69. The lowest BCUT2D eigenvalue weighted by molar-refractivity contribution is -0.116. The van der Waals surface area contributed by atoms with E-state index in [2.05, 4.69) is 15.3 Å². The number of rotatable bonds is 9. The third-order valence-electron chi connectivity index (χ3n) is 2.67. The van der Waals surface area contributed by atoms with Gasteiger partial charge in [0.25, 0.3) is 0 Å². The number of ketones is 1. The monoisotopic (exact) mass is 266 g/mol. The highest BCUT2D eigenvalue weighted by atomic mass is 16.5. The Balaban J connectivity index is 2.48. The summed E-state index contributed by atoms with van der Waals surface area (Å²) in [5.74, 6) is 1.78. The van der Waals surface area contributed by atoms with Gasteiger partial charge in [0.05, 0.1) is 0 Å². The van der Waals surface area contributed by atoms with Crippen molar-refractivity contribution < 1.29 is 9.53 Å². The molecule has 1 heterocycles. The largest absolute Gasteiger partial charge is 0.385 e. The predicted octanol–water partition coefficient (Wildman–Crippen LogP) is 1.34. The van der Waals surface area contributed by atoms with Crippen molar-refractivity contribution in [3.63, 3.8) is 0 Å². The van der Waals surface area contributed by atoms with Crippen molar-refractivity contribution in [2.75, 3.05) is 44.1 Å². The fourth-order valence-corrected chi connectivity index (χ4v) is 1.53. The first kappa shape index (κ1) is 15.4. The van der Waals surface area contributed by atoms with E-state index in [0.717, 1.165) is 31.2 Å². The number of ether oxygens (including phenoxy) is 1. The number of nitrogens with one attached hydrogen (secondary N) is 1. The molecule has 0 atom stereocenters. The number of hydrogen-bond acceptors (Lipinski definition) is 6. The molecular weight excluding hydrogens is 244 g/mol. The zero-order chi connectivity index (χ0) is 14.1. The molecule has 0 fully saturated rings. The van der Waals surface area contributed by atoms with Crippen LogP contribution in [0.2, 0.25) is 0 Å². The van der Waals surface area contributed by atoms with Gasteiger partial charge in [-0.2, -0.15) is 0 Å². The summed E-state index contributed by atoms with van der Waals surface area (Å²) in [5.41, 5.74) is 0. The Bertz CT molecular complexity index is 398. The van der Waals surface area contributed by atoms with E-state index in [1.165, 1.54) is 6.33 Å². The van der Waals surface area contributed by atoms with Crippen LogP contribution < -0.4 is 10.2 Å². The van der Waals surface area contributed by atoms with Gasteiger partial charge >= 0.3 is 0 Å². The Morgan fingerprint density at radius 2 is 2.26 bits per heavy atom. The van der Waals surface area contributed by atoms with Crippen LogP contribution in [0.15, 0.2) is 12.4 Å². The van der Waals surface area contributed by atoms with E-state index in [4.69, 9.17) is 4.74 Å². The first-order chi connectivity index (χ1) is 9.13. The van der Waals surface area contributed by atoms with E-state index in [-0.39, 0.29) is 5.78 Å². The maximum Gasteiger partial charge on any atom is 0.133 e. The smallest absolute Gasteiger partial charge is 0.133 e. The first-order valence-corrected chi connectivity index (χ1v) is 6.39. The van der Waals surface area contributed by atoms with Crippen molar-refractivity contribution >= 4 is 17.4 Å². The molecule has 106 valence electrons. The highest BCUT2D eigenvalue weighted by molar-refractivity contribution is 5.76. The van der Waals surface area contributed by atoms with Gasteiger partial charge in [-0.1, -0.05) is 0 Å². The lowest BCUT2D eigenvalue weighted by atomic mass is 10.3. The SMILES string of the molecule is COCCCNc1cc(N(C)CCC(C)=O)ncn1. The van der Waals surface area contributed by atoms with E-state index in [1.807, 2.05) is 18.0 Å². The van der Waals surface area contributed by atoms with Gasteiger partial charge in [-0.05, 0) is 13.3 Å². The van der Waals surface area contributed by atoms with Crippen LogP contribution in [-0.4, -0.2) is 49.6 Å². The normalized spacial score (nSPS) is 10.3. The minimum Gasteiger partial charge on any atom is -0.385 e. The topological polar surface area (TPSA) is 67.3 Å². The summed E-state index contributed by atoms with van der Waals surface area (Å²) in [4.78, 5) is 21.3. The standard InChI is InChI=1S/C13H22N4O2/c1-11(18)5-7-17(2)13-9-12(15-10-16-13)14-6-4-8-19-3/h9-10H,4-8H2,1-3H3,(H,14,15,16). The van der Waals surface area contributed by atoms with Gasteiger partial charge in [0.1, 0.15) is 23.7 Å². The Morgan fingerprint density at radius 1 is 1.47 bits per heavy atom. The Labute approximate surface area is 114 Å². The zero-order valence-corrected chi connectivity index (χ0v) is 11.8. The fourth-order valence-electron chi connectivity index (χ4n) is 1.53. The molecule has 1 rings (SSSR count). The van der Waals surface area contributed by atoms with E-state index in [9.17, 15) is 4.79 Å². The summed E-state index contributed by atoms with van der Waals surface area (Å²) in [6.07, 6.45) is 2.98. The minimum atomic E-state index is 0.179. The zero-order valence-electron chi connectivity index (χ0n) is 11.8. The van der Waals surface area contributed by atoms with Crippen LogP contribution in [0.5, 0.6) is 0 Å². The van der Waals surface area contributed by atoms with Crippen LogP contribution in [-0.2, 0) is 9.53 Å². The van der Waals surface area contributed by atoms with Gasteiger partial charge in [-0.25, -0.2) is 9.97 Å². The number of Topliss-reactive ketones (excluding diaryl/α,β-unsaturated/α-hetero) is 1. The quantitative estimate of drug-likeness (QED) is 0.680. The van der Waals surface area contributed by atoms with Gasteiger partial charge in [0.2, 0.25) is 0 Å². The molecule has 0 aromatic carbocycles. The highest BCUT2D eigenvalue weighted by Gasteiger charge is 2.05. The predicted molar refractivity (Wildman–Crippen MR) is 75.6 cm³/mol. The van der Waals surface area contributed by atoms with Crippen molar-refractivity contribution in [1.82, 2.24) is 9.97 Å². The number of methoxy groups -OCH3 is 1. The molecule has 0 saturated heterocycles. The van der Waals surface area contributed by atoms with Crippen molar-refractivity contribution in [1.29, 1.82) is 0 Å². The van der Waals surface area contributed by atoms with Gasteiger partial charge in [-0.3, -0.25) is 4.79 Å². The molecule has 0 aliphatic rings. The van der Waals surface area contributed by atoms with E-state index in [1.54, 1.807) is 14.0 Å². The van der Waals surface area contributed by atoms with Crippen LogP contribution in [0.3, 0.4) is 0 Å². The van der Waals surface area contributed by atoms with Gasteiger partial charge in [0.15, 0.2) is 0 Å². The summed E-state index contributed by atoms with van der Waals surface area (Å²) < 4.78 is 4.98. The average Bonchev–Trinajstić information content (AvgIpc) is 2.41. The van der Waals surface area contributed by atoms with Gasteiger partial charge in [-0.15, -0.1) is 0 Å². The summed E-state index contributed by atoms with van der Waals surface area (Å²) in [6.45, 7) is 3.79. The number of hydrogen-bond donors (Lipinski definition) is 1. The van der Waals surface area contributed by atoms with Crippen molar-refractivity contribution in [3.8, 4) is 0 Å². The molecule has 0 saturated carbocycles. The third kappa shape index (κ3) is 6.15. The van der Waals surface area contributed by atoms with Crippen LogP contribution in [0, 0.1) is 0 Å². The average molecular weight is 266 g/mol. The number of carbonyl (C=O) groups is 1. The summed E-state index contributed by atoms with van der Waals surface area (Å²) in [6, 6.07) is 1.88. The van der Waals surface area contributed by atoms with E-state index >= 15 is 0 Å². The number of aromatic nitrogens is 2. The molecule has 0 amide bonds. The molecule has 1 N–H and O–H groups in total. The first-order valence-electron chi connectivity index (χ1n) is 6.39. The summed E-state index contributed by atoms with van der Waals surface area (Å²) in [7, 11) is 3.60. The number of nitrogens with zero attached hydrogens (tertiary/aromatic N) is 3. The Kier molecular flexibility index (Phi) is 6.81. The van der Waals surface area contributed by atoms with Crippen molar-refractivity contribution in [2.24, 2.45) is 0 Å². The van der Waals surface area contributed by atoms with E-state index in [0.29, 0.717) is 13.0 Å². The number of carbonyl (C=O) groups excluding carboxylic acids is 1. The molecule has 6 nitrogen and oxygen atoms in total. The molecule has 0 bridgehead atoms. The van der Waals surface area contributed by atoms with Gasteiger partial charge in [0, 0.05) is 46.3 Å². The van der Waals surface area contributed by atoms with Crippen LogP contribution in [0.1, 0.15) is 19.8 Å². The highest BCUT2D eigenvalue weighted by Crippen LogP contribution is 2.12. The molecular formula is C13H22N4O2. The molecule has 0 aliphatic heterocycles. The second-order valence-electron chi connectivity index (χ2n) is 4.41. The Morgan fingerprint density at radius 3 is 2.95 bits per heavy atom. The minimum absolute atomic E-state index is 0.179. The maximum absolute atomic E-state index is 11.0. The van der Waals surface area contributed by atoms with Crippen LogP contribution >= 0.6 is 0 Å². The third-order valence-corrected chi connectivity index (χ3v) is 2.67. The molecule has 0 spiro atoms. The van der Waals surface area contributed by atoms with Crippen LogP contribution in [0.25, 0.3) is 0 Å². The lowest BCUT2D eigenvalue weighted by Gasteiger charge is -2.17. The fraction of sp³-hybridized carbons (Fsp3) is 0.615. The second kappa shape index (κ2) is 8.42. The second-order valence-corrected chi connectivity index (χ2v) is 4.41. The van der Waals surface area contributed by atoms with Crippen molar-refractivity contribution in [3.05, 3.63) is 12.4 Å². The van der Waals surface area contributed by atoms with E-state index < -0.39 is 0 Å². The lowest BCUT2D eigenvalue weighted by Crippen LogP contribution is -2.21. The number of anilines is 2. The molecule has 0 radical (unpaired) electrons. The summed E-state index contributed by atoms with van der Waals surface area (Å²) in [5, 5.41) is 3.21. The molecule has 6 heteroatoms. The van der Waals surface area contributed by atoms with Gasteiger partial charge < -0.3 is 15.0 Å². The molecule has 0 aliphatic carbocycles. The maximum atomic E-state index is 11.0. The molecule has 1 aromatic heterocycles. The summed E-state index contributed by atoms with van der Waals surface area (Å²) >= 11 is 0. The molecule has 1 aromatic rings. The molecule has 0 unspecified atom stereocenters. The molecule has 19 heavy (non-hydrogen) atoms. The van der Waals surface area contributed by atoms with Crippen molar-refractivity contribution in [2.45, 2.75) is 19.8 Å².